The Bertz CT molecular complexity index is 1110. The van der Waals surface area contributed by atoms with Crippen molar-refractivity contribution >= 4 is 15.7 Å². The molecule has 0 unspecified atom stereocenters. The summed E-state index contributed by atoms with van der Waals surface area (Å²) in [5.41, 5.74) is 2.78. The standard InChI is InChI=1S/C17H21N7O2S/c1-12-9-15-19-11-20-24(15)21-17(12)13-4-7-22(8-5-13)27(25,26)16-10-18-14-3-2-6-23(14)16/h9-11,13H,2-8H2,1H3. The minimum atomic E-state index is -3.50. The maximum absolute atomic E-state index is 13.1. The van der Waals surface area contributed by atoms with Crippen LogP contribution in [-0.2, 0) is 23.0 Å². The van der Waals surface area contributed by atoms with E-state index in [2.05, 4.69) is 20.2 Å². The fraction of sp³-hybridized carbons (Fsp3) is 0.529. The molecule has 5 rings (SSSR count). The third-order valence-corrected chi connectivity index (χ3v) is 7.54. The van der Waals surface area contributed by atoms with Gasteiger partial charge in [-0.1, -0.05) is 0 Å². The average molecular weight is 387 g/mol. The molecule has 2 aliphatic rings. The van der Waals surface area contributed by atoms with Crippen LogP contribution in [-0.4, -0.2) is 55.2 Å². The van der Waals surface area contributed by atoms with Crippen LogP contribution >= 0.6 is 0 Å². The highest BCUT2D eigenvalue weighted by Gasteiger charge is 2.34. The molecule has 0 aliphatic carbocycles. The van der Waals surface area contributed by atoms with Gasteiger partial charge in [-0.15, -0.1) is 9.73 Å². The van der Waals surface area contributed by atoms with E-state index in [0.717, 1.165) is 55.0 Å². The summed E-state index contributed by atoms with van der Waals surface area (Å²) < 4.78 is 31.2. The van der Waals surface area contributed by atoms with E-state index < -0.39 is 10.0 Å². The van der Waals surface area contributed by atoms with Gasteiger partial charge in [0.25, 0.3) is 10.0 Å². The van der Waals surface area contributed by atoms with Crippen LogP contribution in [0.15, 0.2) is 23.6 Å². The minimum Gasteiger partial charge on any atom is -0.318 e. The zero-order valence-electron chi connectivity index (χ0n) is 15.1. The summed E-state index contributed by atoms with van der Waals surface area (Å²) in [7, 11) is -3.50. The van der Waals surface area contributed by atoms with Gasteiger partial charge in [0.2, 0.25) is 0 Å². The fourth-order valence-electron chi connectivity index (χ4n) is 4.21. The second-order valence-electron chi connectivity index (χ2n) is 7.27. The van der Waals surface area contributed by atoms with Crippen molar-refractivity contribution in [2.45, 2.75) is 50.1 Å². The topological polar surface area (TPSA) is 98.3 Å². The van der Waals surface area contributed by atoms with Crippen molar-refractivity contribution in [1.29, 1.82) is 0 Å². The van der Waals surface area contributed by atoms with E-state index in [1.807, 2.05) is 17.6 Å². The van der Waals surface area contributed by atoms with Gasteiger partial charge in [0.1, 0.15) is 12.2 Å². The van der Waals surface area contributed by atoms with Crippen LogP contribution in [0.1, 0.15) is 42.3 Å². The number of hydrogen-bond donors (Lipinski definition) is 0. The van der Waals surface area contributed by atoms with Gasteiger partial charge < -0.3 is 4.57 Å². The van der Waals surface area contributed by atoms with Gasteiger partial charge in [0.05, 0.1) is 11.9 Å². The van der Waals surface area contributed by atoms with E-state index in [0.29, 0.717) is 18.1 Å². The van der Waals surface area contributed by atoms with Gasteiger partial charge >= 0.3 is 0 Å². The van der Waals surface area contributed by atoms with Crippen molar-refractivity contribution in [3.63, 3.8) is 0 Å². The predicted molar refractivity (Wildman–Crippen MR) is 96.8 cm³/mol. The quantitative estimate of drug-likeness (QED) is 0.668. The Balaban J connectivity index is 1.37. The van der Waals surface area contributed by atoms with Gasteiger partial charge in [-0.3, -0.25) is 0 Å². The smallest absolute Gasteiger partial charge is 0.260 e. The van der Waals surface area contributed by atoms with E-state index in [1.54, 1.807) is 8.94 Å². The van der Waals surface area contributed by atoms with Crippen LogP contribution in [0.5, 0.6) is 0 Å². The Morgan fingerprint density at radius 3 is 2.78 bits per heavy atom. The Morgan fingerprint density at radius 2 is 1.96 bits per heavy atom. The van der Waals surface area contributed by atoms with Crippen LogP contribution in [0.25, 0.3) is 5.65 Å². The molecule has 10 heteroatoms. The molecule has 3 aromatic heterocycles. The SMILES string of the molecule is Cc1cc2ncnn2nc1C1CCN(S(=O)(=O)c2cnc3n2CCC3)CC1. The van der Waals surface area contributed by atoms with Crippen LogP contribution < -0.4 is 0 Å². The van der Waals surface area contributed by atoms with Gasteiger partial charge in [-0.2, -0.15) is 9.40 Å². The summed E-state index contributed by atoms with van der Waals surface area (Å²) in [4.78, 5) is 8.45. The summed E-state index contributed by atoms with van der Waals surface area (Å²) in [6.45, 7) is 3.74. The van der Waals surface area contributed by atoms with Gasteiger partial charge in [-0.25, -0.2) is 18.4 Å². The summed E-state index contributed by atoms with van der Waals surface area (Å²) in [6.07, 6.45) is 6.31. The number of fused-ring (bicyclic) bond motifs is 2. The fourth-order valence-corrected chi connectivity index (χ4v) is 5.82. The van der Waals surface area contributed by atoms with E-state index in [1.165, 1.54) is 12.5 Å². The molecule has 0 N–H and O–H groups in total. The molecule has 0 spiro atoms. The number of aromatic nitrogens is 6. The third-order valence-electron chi connectivity index (χ3n) is 5.64. The van der Waals surface area contributed by atoms with Gasteiger partial charge in [0.15, 0.2) is 10.7 Å². The maximum atomic E-state index is 13.1. The van der Waals surface area contributed by atoms with Crippen LogP contribution in [0.2, 0.25) is 0 Å². The monoisotopic (exact) mass is 387 g/mol. The number of rotatable bonds is 3. The molecule has 2 aliphatic heterocycles. The first kappa shape index (κ1) is 16.8. The predicted octanol–water partition coefficient (Wildman–Crippen LogP) is 1.14. The molecule has 3 aromatic rings. The zero-order valence-corrected chi connectivity index (χ0v) is 15.9. The van der Waals surface area contributed by atoms with Crippen LogP contribution in [0.3, 0.4) is 0 Å². The molecule has 0 radical (unpaired) electrons. The normalized spacial score (nSPS) is 19.0. The Morgan fingerprint density at radius 1 is 1.15 bits per heavy atom. The minimum absolute atomic E-state index is 0.223. The first-order valence-corrected chi connectivity index (χ1v) is 10.7. The Labute approximate surface area is 157 Å². The highest BCUT2D eigenvalue weighted by Crippen LogP contribution is 2.32. The lowest BCUT2D eigenvalue weighted by atomic mass is 9.92. The van der Waals surface area contributed by atoms with Crippen molar-refractivity contribution in [2.24, 2.45) is 0 Å². The largest absolute Gasteiger partial charge is 0.318 e. The molecular weight excluding hydrogens is 366 g/mol. The van der Waals surface area contributed by atoms with Crippen molar-refractivity contribution < 1.29 is 8.42 Å². The third kappa shape index (κ3) is 2.66. The summed E-state index contributed by atoms with van der Waals surface area (Å²) in [5, 5.41) is 9.06. The summed E-state index contributed by atoms with van der Waals surface area (Å²) in [6, 6.07) is 1.98. The second-order valence-corrected chi connectivity index (χ2v) is 9.15. The lowest BCUT2D eigenvalue weighted by Crippen LogP contribution is -2.39. The average Bonchev–Trinajstić information content (AvgIpc) is 3.37. The zero-order chi connectivity index (χ0) is 18.6. The number of imidazole rings is 1. The molecular formula is C17H21N7O2S. The highest BCUT2D eigenvalue weighted by molar-refractivity contribution is 7.89. The maximum Gasteiger partial charge on any atom is 0.260 e. The van der Waals surface area contributed by atoms with Gasteiger partial charge in [-0.05, 0) is 37.8 Å². The molecule has 0 aromatic carbocycles. The molecule has 9 nitrogen and oxygen atoms in total. The summed E-state index contributed by atoms with van der Waals surface area (Å²) in [5.74, 6) is 1.10. The van der Waals surface area contributed by atoms with Crippen molar-refractivity contribution in [3.05, 3.63) is 35.7 Å². The van der Waals surface area contributed by atoms with E-state index in [-0.39, 0.29) is 5.92 Å². The molecule has 1 saturated heterocycles. The van der Waals surface area contributed by atoms with E-state index in [4.69, 9.17) is 0 Å². The lowest BCUT2D eigenvalue weighted by Gasteiger charge is -2.31. The lowest BCUT2D eigenvalue weighted by molar-refractivity contribution is 0.312. The van der Waals surface area contributed by atoms with E-state index in [9.17, 15) is 8.42 Å². The van der Waals surface area contributed by atoms with Crippen LogP contribution in [0, 0.1) is 6.92 Å². The highest BCUT2D eigenvalue weighted by atomic mass is 32.2. The van der Waals surface area contributed by atoms with Crippen LogP contribution in [0.4, 0.5) is 0 Å². The molecule has 27 heavy (non-hydrogen) atoms. The molecule has 142 valence electrons. The number of piperidine rings is 1. The van der Waals surface area contributed by atoms with Gasteiger partial charge in [0, 0.05) is 32.0 Å². The number of aryl methyl sites for hydroxylation is 2. The molecule has 0 bridgehead atoms. The number of nitrogens with zero attached hydrogens (tertiary/aromatic N) is 7. The van der Waals surface area contributed by atoms with Crippen molar-refractivity contribution in [1.82, 2.24) is 33.7 Å². The Kier molecular flexibility index (Phi) is 3.80. The van der Waals surface area contributed by atoms with E-state index >= 15 is 0 Å². The second kappa shape index (κ2) is 6.10. The number of hydrogen-bond acceptors (Lipinski definition) is 6. The molecule has 0 amide bonds. The molecule has 1 fully saturated rings. The first-order chi connectivity index (χ1) is 13.0. The number of sulfonamides is 1. The first-order valence-electron chi connectivity index (χ1n) is 9.26. The molecule has 0 atom stereocenters. The van der Waals surface area contributed by atoms with Crippen molar-refractivity contribution in [2.75, 3.05) is 13.1 Å². The molecule has 5 heterocycles. The molecule has 0 saturated carbocycles. The Hall–Kier alpha value is -2.33. The van der Waals surface area contributed by atoms with Crippen molar-refractivity contribution in [3.8, 4) is 0 Å². The summed E-state index contributed by atoms with van der Waals surface area (Å²) >= 11 is 0.